The van der Waals surface area contributed by atoms with Crippen molar-refractivity contribution in [2.45, 2.75) is 0 Å². The van der Waals surface area contributed by atoms with Crippen molar-refractivity contribution in [3.63, 3.8) is 0 Å². The van der Waals surface area contributed by atoms with E-state index in [0.717, 1.165) is 66.3 Å². The van der Waals surface area contributed by atoms with E-state index in [2.05, 4.69) is 71.3 Å². The summed E-state index contributed by atoms with van der Waals surface area (Å²) in [6, 6.07) is 50.8. The zero-order chi connectivity index (χ0) is 30.6. The summed E-state index contributed by atoms with van der Waals surface area (Å²) in [5.41, 5.74) is 7.85. The molecule has 0 fully saturated rings. The third-order valence-corrected chi connectivity index (χ3v) is 8.64. The van der Waals surface area contributed by atoms with Crippen LogP contribution >= 0.6 is 0 Å². The predicted molar refractivity (Wildman–Crippen MR) is 186 cm³/mol. The van der Waals surface area contributed by atoms with Gasteiger partial charge in [-0.15, -0.1) is 0 Å². The fourth-order valence-electron chi connectivity index (χ4n) is 6.56. The second-order valence-electron chi connectivity index (χ2n) is 11.4. The van der Waals surface area contributed by atoms with Crippen molar-refractivity contribution in [3.8, 4) is 39.6 Å². The van der Waals surface area contributed by atoms with Gasteiger partial charge in [0.1, 0.15) is 5.58 Å². The number of hydrogen-bond acceptors (Lipinski definition) is 4. The minimum atomic E-state index is -0.343. The standard InChI is InChI=1S/C41H25N3O2/c45-41-33-23-22-31-30-18-7-9-20-36(30)44(39(31)38(33)32-19-8-10-21-37(32)46-41)29-17-11-16-28(24-29)35-25-34(26-12-3-1-4-13-26)42-40(43-35)27-14-5-2-6-15-27/h1-25H. The van der Waals surface area contributed by atoms with Crippen LogP contribution < -0.4 is 5.63 Å². The van der Waals surface area contributed by atoms with Crippen molar-refractivity contribution in [2.24, 2.45) is 0 Å². The van der Waals surface area contributed by atoms with Gasteiger partial charge in [0, 0.05) is 43.9 Å². The summed E-state index contributed by atoms with van der Waals surface area (Å²) >= 11 is 0. The van der Waals surface area contributed by atoms with Gasteiger partial charge in [0.25, 0.3) is 0 Å². The van der Waals surface area contributed by atoms with Crippen molar-refractivity contribution >= 4 is 43.5 Å². The van der Waals surface area contributed by atoms with Gasteiger partial charge in [-0.3, -0.25) is 0 Å². The Kier molecular flexibility index (Phi) is 5.90. The Hall–Kier alpha value is -6.33. The van der Waals surface area contributed by atoms with Crippen LogP contribution in [0.5, 0.6) is 0 Å². The van der Waals surface area contributed by atoms with Gasteiger partial charge in [0.15, 0.2) is 5.82 Å². The molecule has 9 aromatic rings. The van der Waals surface area contributed by atoms with Crippen molar-refractivity contribution in [1.29, 1.82) is 0 Å². The summed E-state index contributed by atoms with van der Waals surface area (Å²) in [4.78, 5) is 23.3. The Bertz CT molecular complexity index is 2600. The third-order valence-electron chi connectivity index (χ3n) is 8.64. The number of nitrogens with zero attached hydrogens (tertiary/aromatic N) is 3. The van der Waals surface area contributed by atoms with Crippen LogP contribution in [0.2, 0.25) is 0 Å². The Labute approximate surface area is 263 Å². The normalized spacial score (nSPS) is 11.6. The molecule has 0 aliphatic heterocycles. The Morgan fingerprint density at radius 2 is 1.13 bits per heavy atom. The Morgan fingerprint density at radius 1 is 0.500 bits per heavy atom. The van der Waals surface area contributed by atoms with Crippen LogP contribution in [0.25, 0.3) is 83.1 Å². The molecule has 0 atom stereocenters. The molecule has 46 heavy (non-hydrogen) atoms. The SMILES string of the molecule is O=c1oc2ccccc2c2c1ccc1c3ccccc3n(-c3cccc(-c4cc(-c5ccccc5)nc(-c5ccccc5)n4)c3)c12. The van der Waals surface area contributed by atoms with E-state index in [-0.39, 0.29) is 5.63 Å². The van der Waals surface area contributed by atoms with Crippen molar-refractivity contribution in [1.82, 2.24) is 14.5 Å². The highest BCUT2D eigenvalue weighted by Gasteiger charge is 2.19. The molecule has 0 N–H and O–H groups in total. The quantitative estimate of drug-likeness (QED) is 0.151. The highest BCUT2D eigenvalue weighted by atomic mass is 16.4. The molecule has 0 spiro atoms. The highest BCUT2D eigenvalue weighted by molar-refractivity contribution is 6.24. The molecule has 0 saturated carbocycles. The molecule has 3 heterocycles. The minimum Gasteiger partial charge on any atom is -0.422 e. The van der Waals surface area contributed by atoms with E-state index in [9.17, 15) is 4.79 Å². The number of para-hydroxylation sites is 2. The number of rotatable bonds is 4. The van der Waals surface area contributed by atoms with Crippen LogP contribution in [0.3, 0.4) is 0 Å². The van der Waals surface area contributed by atoms with Crippen LogP contribution in [0.4, 0.5) is 0 Å². The van der Waals surface area contributed by atoms with E-state index in [0.29, 0.717) is 16.8 Å². The molecule has 5 heteroatoms. The van der Waals surface area contributed by atoms with Gasteiger partial charge >= 0.3 is 5.63 Å². The summed E-state index contributed by atoms with van der Waals surface area (Å²) in [6.45, 7) is 0. The molecule has 9 rings (SSSR count). The molecule has 0 unspecified atom stereocenters. The summed E-state index contributed by atoms with van der Waals surface area (Å²) in [7, 11) is 0. The maximum Gasteiger partial charge on any atom is 0.344 e. The van der Waals surface area contributed by atoms with Gasteiger partial charge in [-0.2, -0.15) is 0 Å². The Morgan fingerprint density at radius 3 is 1.93 bits per heavy atom. The van der Waals surface area contributed by atoms with E-state index in [1.54, 1.807) is 0 Å². The van der Waals surface area contributed by atoms with Gasteiger partial charge in [-0.25, -0.2) is 14.8 Å². The van der Waals surface area contributed by atoms with Crippen LogP contribution in [0.15, 0.2) is 161 Å². The van der Waals surface area contributed by atoms with Gasteiger partial charge in [-0.1, -0.05) is 115 Å². The van der Waals surface area contributed by atoms with Crippen molar-refractivity contribution in [2.75, 3.05) is 0 Å². The first-order chi connectivity index (χ1) is 22.7. The van der Waals surface area contributed by atoms with E-state index in [1.165, 1.54) is 0 Å². The van der Waals surface area contributed by atoms with Crippen molar-refractivity contribution < 1.29 is 4.42 Å². The van der Waals surface area contributed by atoms with Crippen LogP contribution in [0.1, 0.15) is 0 Å². The first-order valence-corrected chi connectivity index (χ1v) is 15.2. The summed E-state index contributed by atoms with van der Waals surface area (Å²) in [6.07, 6.45) is 0. The lowest BCUT2D eigenvalue weighted by atomic mass is 10.0. The topological polar surface area (TPSA) is 60.9 Å². The first kappa shape index (κ1) is 26.1. The smallest absolute Gasteiger partial charge is 0.344 e. The van der Waals surface area contributed by atoms with Gasteiger partial charge in [0.2, 0.25) is 0 Å². The second kappa shape index (κ2) is 10.4. The van der Waals surface area contributed by atoms with Crippen LogP contribution in [0, 0.1) is 0 Å². The van der Waals surface area contributed by atoms with Crippen LogP contribution in [-0.4, -0.2) is 14.5 Å². The molecular formula is C41H25N3O2. The molecule has 0 amide bonds. The molecule has 216 valence electrons. The number of benzene rings is 6. The molecule has 0 radical (unpaired) electrons. The molecule has 0 saturated heterocycles. The lowest BCUT2D eigenvalue weighted by Crippen LogP contribution is -2.02. The second-order valence-corrected chi connectivity index (χ2v) is 11.4. The number of hydrogen-bond donors (Lipinski definition) is 0. The summed E-state index contributed by atoms with van der Waals surface area (Å²) < 4.78 is 8.00. The van der Waals surface area contributed by atoms with Gasteiger partial charge < -0.3 is 8.98 Å². The average molecular weight is 592 g/mol. The van der Waals surface area contributed by atoms with E-state index < -0.39 is 0 Å². The Balaban J connectivity index is 1.34. The van der Waals surface area contributed by atoms with E-state index >= 15 is 0 Å². The third kappa shape index (κ3) is 4.14. The molecule has 0 aliphatic rings. The zero-order valence-corrected chi connectivity index (χ0v) is 24.6. The zero-order valence-electron chi connectivity index (χ0n) is 24.6. The molecular weight excluding hydrogens is 566 g/mol. The van der Waals surface area contributed by atoms with Crippen LogP contribution in [-0.2, 0) is 0 Å². The molecule has 3 aromatic heterocycles. The maximum absolute atomic E-state index is 13.2. The van der Waals surface area contributed by atoms with Gasteiger partial charge in [0.05, 0.1) is 27.8 Å². The monoisotopic (exact) mass is 591 g/mol. The lowest BCUT2D eigenvalue weighted by Gasteiger charge is -2.13. The fraction of sp³-hybridized carbons (Fsp3) is 0. The minimum absolute atomic E-state index is 0.343. The summed E-state index contributed by atoms with van der Waals surface area (Å²) in [5.74, 6) is 0.670. The molecule has 0 aliphatic carbocycles. The maximum atomic E-state index is 13.2. The first-order valence-electron chi connectivity index (χ1n) is 15.2. The largest absolute Gasteiger partial charge is 0.422 e. The summed E-state index contributed by atoms with van der Waals surface area (Å²) in [5, 5.41) is 4.53. The van der Waals surface area contributed by atoms with E-state index in [1.807, 2.05) is 84.9 Å². The average Bonchev–Trinajstić information content (AvgIpc) is 3.47. The van der Waals surface area contributed by atoms with E-state index in [4.69, 9.17) is 14.4 Å². The van der Waals surface area contributed by atoms with Crippen molar-refractivity contribution in [3.05, 3.63) is 162 Å². The van der Waals surface area contributed by atoms with Gasteiger partial charge in [-0.05, 0) is 36.4 Å². The highest BCUT2D eigenvalue weighted by Crippen LogP contribution is 2.39. The molecule has 0 bridgehead atoms. The lowest BCUT2D eigenvalue weighted by molar-refractivity contribution is 0.570. The molecule has 6 aromatic carbocycles. The number of fused-ring (bicyclic) bond motifs is 7. The fourth-order valence-corrected chi connectivity index (χ4v) is 6.56. The number of aromatic nitrogens is 3. The molecule has 5 nitrogen and oxygen atoms in total. The predicted octanol–water partition coefficient (Wildman–Crippen LogP) is 9.83.